The Labute approximate surface area is 116 Å². The topological polar surface area (TPSA) is 81.9 Å². The Kier molecular flexibility index (Phi) is 4.29. The normalized spacial score (nSPS) is 10.3. The first-order valence-electron chi connectivity index (χ1n) is 6.38. The standard InChI is InChI=1S/C13H17N5O2/c1-4-8-18-13(15-16-17-18)14-12(19)10-7-5-6-9(2)11(10)20-3/h5-7H,4,8H2,1-3H3,(H,14,15,17,19). The number of nitrogens with one attached hydrogen (secondary N) is 1. The molecule has 0 unspecified atom stereocenters. The van der Waals surface area contributed by atoms with Gasteiger partial charge >= 0.3 is 0 Å². The number of ether oxygens (including phenoxy) is 1. The molecule has 0 saturated carbocycles. The van der Waals surface area contributed by atoms with Crippen molar-refractivity contribution in [3.05, 3.63) is 29.3 Å². The van der Waals surface area contributed by atoms with Gasteiger partial charge in [0.1, 0.15) is 5.75 Å². The number of aryl methyl sites for hydroxylation is 2. The first-order valence-corrected chi connectivity index (χ1v) is 6.38. The molecule has 1 amide bonds. The van der Waals surface area contributed by atoms with Crippen LogP contribution < -0.4 is 10.1 Å². The number of tetrazole rings is 1. The molecule has 0 fully saturated rings. The van der Waals surface area contributed by atoms with Crippen LogP contribution in [-0.2, 0) is 6.54 Å². The molecule has 1 aromatic heterocycles. The fraction of sp³-hybridized carbons (Fsp3) is 0.385. The molecule has 2 rings (SSSR count). The van der Waals surface area contributed by atoms with E-state index in [4.69, 9.17) is 4.74 Å². The predicted molar refractivity (Wildman–Crippen MR) is 73.8 cm³/mol. The summed E-state index contributed by atoms with van der Waals surface area (Å²) < 4.78 is 6.83. The van der Waals surface area contributed by atoms with Gasteiger partial charge in [-0.2, -0.15) is 0 Å². The third-order valence-electron chi connectivity index (χ3n) is 2.85. The zero-order chi connectivity index (χ0) is 14.5. The molecule has 7 nitrogen and oxygen atoms in total. The van der Waals surface area contributed by atoms with Crippen molar-refractivity contribution < 1.29 is 9.53 Å². The summed E-state index contributed by atoms with van der Waals surface area (Å²) in [5.74, 6) is 0.595. The molecule has 106 valence electrons. The quantitative estimate of drug-likeness (QED) is 0.897. The molecule has 1 aromatic carbocycles. The van der Waals surface area contributed by atoms with E-state index >= 15 is 0 Å². The second-order valence-electron chi connectivity index (χ2n) is 4.34. The number of carbonyl (C=O) groups excluding carboxylic acids is 1. The third kappa shape index (κ3) is 2.76. The van der Waals surface area contributed by atoms with E-state index in [-0.39, 0.29) is 5.91 Å². The monoisotopic (exact) mass is 275 g/mol. The van der Waals surface area contributed by atoms with Crippen molar-refractivity contribution in [2.45, 2.75) is 26.8 Å². The van der Waals surface area contributed by atoms with E-state index in [1.54, 1.807) is 17.9 Å². The van der Waals surface area contributed by atoms with Gasteiger partial charge in [-0.1, -0.05) is 24.2 Å². The number of anilines is 1. The molecule has 20 heavy (non-hydrogen) atoms. The van der Waals surface area contributed by atoms with E-state index in [0.29, 0.717) is 23.8 Å². The zero-order valence-electron chi connectivity index (χ0n) is 11.8. The molecule has 0 radical (unpaired) electrons. The fourth-order valence-corrected chi connectivity index (χ4v) is 1.93. The molecule has 1 N–H and O–H groups in total. The average molecular weight is 275 g/mol. The van der Waals surface area contributed by atoms with Gasteiger partial charge in [0.15, 0.2) is 0 Å². The molecule has 0 bridgehead atoms. The van der Waals surface area contributed by atoms with E-state index in [0.717, 1.165) is 12.0 Å². The van der Waals surface area contributed by atoms with Crippen molar-refractivity contribution >= 4 is 11.9 Å². The molecule has 0 aliphatic rings. The Hall–Kier alpha value is -2.44. The Morgan fingerprint density at radius 3 is 2.95 bits per heavy atom. The number of hydrogen-bond acceptors (Lipinski definition) is 5. The maximum absolute atomic E-state index is 12.3. The Balaban J connectivity index is 2.24. The van der Waals surface area contributed by atoms with Crippen molar-refractivity contribution in [1.29, 1.82) is 0 Å². The lowest BCUT2D eigenvalue weighted by molar-refractivity contribution is 0.102. The number of aromatic nitrogens is 4. The number of hydrogen-bond donors (Lipinski definition) is 1. The summed E-state index contributed by atoms with van der Waals surface area (Å²) in [6.45, 7) is 4.54. The van der Waals surface area contributed by atoms with Crippen molar-refractivity contribution in [1.82, 2.24) is 20.2 Å². The molecular weight excluding hydrogens is 258 g/mol. The predicted octanol–water partition coefficient (Wildman–Crippen LogP) is 1.65. The minimum absolute atomic E-state index is 0.294. The number of amides is 1. The number of methoxy groups -OCH3 is 1. The lowest BCUT2D eigenvalue weighted by atomic mass is 10.1. The highest BCUT2D eigenvalue weighted by molar-refractivity contribution is 6.05. The van der Waals surface area contributed by atoms with E-state index in [1.165, 1.54) is 0 Å². The second-order valence-corrected chi connectivity index (χ2v) is 4.34. The van der Waals surface area contributed by atoms with E-state index in [2.05, 4.69) is 20.8 Å². The van der Waals surface area contributed by atoms with E-state index in [9.17, 15) is 4.79 Å². The Bertz CT molecular complexity index is 609. The van der Waals surface area contributed by atoms with Crippen LogP contribution in [0.3, 0.4) is 0 Å². The number of para-hydroxylation sites is 1. The van der Waals surface area contributed by atoms with Crippen LogP contribution in [0.4, 0.5) is 5.95 Å². The second kappa shape index (κ2) is 6.14. The van der Waals surface area contributed by atoms with Crippen LogP contribution in [-0.4, -0.2) is 33.2 Å². The van der Waals surface area contributed by atoms with Gasteiger partial charge in [-0.25, -0.2) is 4.68 Å². The molecule has 0 saturated heterocycles. The largest absolute Gasteiger partial charge is 0.496 e. The molecule has 0 atom stereocenters. The summed E-state index contributed by atoms with van der Waals surface area (Å²) in [5, 5.41) is 13.9. The minimum atomic E-state index is -0.294. The smallest absolute Gasteiger partial charge is 0.261 e. The number of carbonyl (C=O) groups is 1. The van der Waals surface area contributed by atoms with Gasteiger partial charge in [-0.3, -0.25) is 10.1 Å². The lowest BCUT2D eigenvalue weighted by Gasteiger charge is -2.11. The molecule has 1 heterocycles. The Morgan fingerprint density at radius 2 is 2.25 bits per heavy atom. The molecule has 0 aliphatic carbocycles. The van der Waals surface area contributed by atoms with Gasteiger partial charge in [0.05, 0.1) is 12.7 Å². The summed E-state index contributed by atoms with van der Waals surface area (Å²) in [6.07, 6.45) is 0.877. The maximum Gasteiger partial charge on any atom is 0.261 e. The van der Waals surface area contributed by atoms with Crippen LogP contribution in [0.1, 0.15) is 29.3 Å². The number of benzene rings is 1. The number of nitrogens with zero attached hydrogens (tertiary/aromatic N) is 4. The zero-order valence-corrected chi connectivity index (χ0v) is 11.8. The fourth-order valence-electron chi connectivity index (χ4n) is 1.93. The van der Waals surface area contributed by atoms with E-state index in [1.807, 2.05) is 26.0 Å². The highest BCUT2D eigenvalue weighted by atomic mass is 16.5. The summed E-state index contributed by atoms with van der Waals surface area (Å²) in [4.78, 5) is 12.3. The average Bonchev–Trinajstić information content (AvgIpc) is 2.86. The summed E-state index contributed by atoms with van der Waals surface area (Å²) in [6, 6.07) is 5.40. The molecule has 7 heteroatoms. The summed E-state index contributed by atoms with van der Waals surface area (Å²) in [5.41, 5.74) is 1.35. The molecule has 0 spiro atoms. The number of rotatable bonds is 5. The van der Waals surface area contributed by atoms with Crippen molar-refractivity contribution in [3.8, 4) is 5.75 Å². The summed E-state index contributed by atoms with van der Waals surface area (Å²) >= 11 is 0. The SMILES string of the molecule is CCCn1nnnc1NC(=O)c1cccc(C)c1OC. The maximum atomic E-state index is 12.3. The Morgan fingerprint density at radius 1 is 1.45 bits per heavy atom. The highest BCUT2D eigenvalue weighted by Crippen LogP contribution is 2.23. The van der Waals surface area contributed by atoms with Crippen LogP contribution in [0, 0.1) is 6.92 Å². The molecule has 2 aromatic rings. The van der Waals surface area contributed by atoms with E-state index < -0.39 is 0 Å². The van der Waals surface area contributed by atoms with Gasteiger partial charge in [-0.05, 0) is 35.4 Å². The van der Waals surface area contributed by atoms with Crippen molar-refractivity contribution in [2.24, 2.45) is 0 Å². The summed E-state index contributed by atoms with van der Waals surface area (Å²) in [7, 11) is 1.54. The molecular formula is C13H17N5O2. The van der Waals surface area contributed by atoms with Crippen molar-refractivity contribution in [3.63, 3.8) is 0 Å². The highest BCUT2D eigenvalue weighted by Gasteiger charge is 2.16. The third-order valence-corrected chi connectivity index (χ3v) is 2.85. The van der Waals surface area contributed by atoms with Crippen LogP contribution in [0.5, 0.6) is 5.75 Å². The first-order chi connectivity index (χ1) is 9.67. The first kappa shape index (κ1) is 14.0. The van der Waals surface area contributed by atoms with Crippen LogP contribution in [0.15, 0.2) is 18.2 Å². The van der Waals surface area contributed by atoms with Gasteiger partial charge in [0.2, 0.25) is 5.95 Å². The van der Waals surface area contributed by atoms with Gasteiger partial charge < -0.3 is 4.74 Å². The van der Waals surface area contributed by atoms with Gasteiger partial charge in [-0.15, -0.1) is 0 Å². The lowest BCUT2D eigenvalue weighted by Crippen LogP contribution is -2.17. The minimum Gasteiger partial charge on any atom is -0.496 e. The van der Waals surface area contributed by atoms with Crippen LogP contribution >= 0.6 is 0 Å². The van der Waals surface area contributed by atoms with Gasteiger partial charge in [0.25, 0.3) is 5.91 Å². The van der Waals surface area contributed by atoms with Crippen molar-refractivity contribution in [2.75, 3.05) is 12.4 Å². The molecule has 0 aliphatic heterocycles. The van der Waals surface area contributed by atoms with Crippen LogP contribution in [0.25, 0.3) is 0 Å². The van der Waals surface area contributed by atoms with Gasteiger partial charge in [0, 0.05) is 6.54 Å². The van der Waals surface area contributed by atoms with Crippen LogP contribution in [0.2, 0.25) is 0 Å².